The van der Waals surface area contributed by atoms with Gasteiger partial charge in [-0.2, -0.15) is 17.9 Å². The first-order valence-corrected chi connectivity index (χ1v) is 8.82. The number of benzene rings is 1. The minimum atomic E-state index is -4.87. The van der Waals surface area contributed by atoms with E-state index in [9.17, 15) is 18.0 Å². The lowest BCUT2D eigenvalue weighted by molar-refractivity contribution is -0.141. The number of carbonyl (C=O) groups is 1. The zero-order chi connectivity index (χ0) is 19.1. The number of aromatic carboxylic acids is 1. The van der Waals surface area contributed by atoms with Gasteiger partial charge in [0.15, 0.2) is 10.0 Å². The fourth-order valence-electron chi connectivity index (χ4n) is 1.97. The number of hydrogen-bond donors (Lipinski definition) is 2. The van der Waals surface area contributed by atoms with Crippen molar-refractivity contribution in [1.29, 1.82) is 0 Å². The molecule has 0 aliphatic heterocycles. The number of aromatic nitrogens is 5. The Morgan fingerprint density at radius 3 is 2.69 bits per heavy atom. The molecule has 0 aliphatic carbocycles. The number of hydrogen-bond acceptors (Lipinski definition) is 8. The van der Waals surface area contributed by atoms with Gasteiger partial charge in [0, 0.05) is 4.90 Å². The molecular weight excluding hydrogens is 411 g/mol. The number of thiazole rings is 1. The van der Waals surface area contributed by atoms with Crippen LogP contribution >= 0.6 is 35.7 Å². The Hall–Kier alpha value is -2.12. The smallest absolute Gasteiger partial charge is 0.435 e. The Balaban J connectivity index is 1.99. The van der Waals surface area contributed by atoms with E-state index in [0.717, 1.165) is 17.3 Å². The maximum Gasteiger partial charge on any atom is 0.435 e. The Bertz CT molecular complexity index is 986. The summed E-state index contributed by atoms with van der Waals surface area (Å²) in [5, 5.41) is 20.2. The second-order valence-electron chi connectivity index (χ2n) is 4.93. The highest BCUT2D eigenvalue weighted by Gasteiger charge is 2.40. The van der Waals surface area contributed by atoms with Crippen LogP contribution in [0.3, 0.4) is 0 Å². The molecule has 0 saturated heterocycles. The molecule has 0 fully saturated rings. The number of aryl methyl sites for hydroxylation is 1. The van der Waals surface area contributed by atoms with Gasteiger partial charge in [0.2, 0.25) is 5.16 Å². The highest BCUT2D eigenvalue weighted by Crippen LogP contribution is 2.39. The van der Waals surface area contributed by atoms with E-state index in [0.29, 0.717) is 21.9 Å². The van der Waals surface area contributed by atoms with E-state index in [2.05, 4.69) is 33.1 Å². The average Bonchev–Trinajstić information content (AvgIpc) is 3.14. The number of carboxylic acid groups (broad SMARTS) is 1. The molecule has 3 rings (SSSR count). The van der Waals surface area contributed by atoms with Gasteiger partial charge in [-0.15, -0.1) is 17.7 Å². The second kappa shape index (κ2) is 6.89. The molecule has 0 aliphatic rings. The maximum absolute atomic E-state index is 13.0. The fourth-order valence-corrected chi connectivity index (χ4v) is 4.23. The number of nitrogens with zero attached hydrogens (tertiary/aromatic N) is 5. The van der Waals surface area contributed by atoms with Crippen LogP contribution in [0.25, 0.3) is 5.69 Å². The summed E-state index contributed by atoms with van der Waals surface area (Å²) in [6.45, 7) is 1.88. The minimum Gasteiger partial charge on any atom is -0.477 e. The number of alkyl halides is 3. The quantitative estimate of drug-likeness (QED) is 0.624. The summed E-state index contributed by atoms with van der Waals surface area (Å²) in [6.07, 6.45) is -4.87. The topological polar surface area (TPSA) is 93.8 Å². The van der Waals surface area contributed by atoms with Crippen LogP contribution < -0.4 is 0 Å². The van der Waals surface area contributed by atoms with Gasteiger partial charge < -0.3 is 5.11 Å². The highest BCUT2D eigenvalue weighted by atomic mass is 32.2. The molecule has 26 heavy (non-hydrogen) atoms. The van der Waals surface area contributed by atoms with Gasteiger partial charge in [0.05, 0.1) is 5.69 Å². The van der Waals surface area contributed by atoms with Gasteiger partial charge in [0.25, 0.3) is 0 Å². The van der Waals surface area contributed by atoms with Crippen LogP contribution in [0.15, 0.2) is 32.6 Å². The molecule has 7 nitrogen and oxygen atoms in total. The van der Waals surface area contributed by atoms with E-state index in [4.69, 9.17) is 5.11 Å². The van der Waals surface area contributed by atoms with Crippen LogP contribution in [-0.2, 0) is 6.18 Å². The molecule has 0 radical (unpaired) electrons. The van der Waals surface area contributed by atoms with Crippen LogP contribution in [0.1, 0.15) is 20.9 Å². The molecule has 0 amide bonds. The van der Waals surface area contributed by atoms with Crippen molar-refractivity contribution in [3.8, 4) is 5.69 Å². The molecule has 0 spiro atoms. The lowest BCUT2D eigenvalue weighted by Crippen LogP contribution is -2.11. The van der Waals surface area contributed by atoms with Crippen molar-refractivity contribution in [2.75, 3.05) is 0 Å². The predicted molar refractivity (Wildman–Crippen MR) is 89.3 cm³/mol. The summed E-state index contributed by atoms with van der Waals surface area (Å²) in [5.41, 5.74) is 0.0427. The fraction of sp³-hybridized carbons (Fsp3) is 0.154. The molecule has 0 bridgehead atoms. The molecule has 1 aromatic carbocycles. The highest BCUT2D eigenvalue weighted by molar-refractivity contribution is 8.00. The largest absolute Gasteiger partial charge is 0.477 e. The van der Waals surface area contributed by atoms with Gasteiger partial charge >= 0.3 is 12.1 Å². The molecule has 3 aromatic rings. The van der Waals surface area contributed by atoms with E-state index < -0.39 is 22.7 Å². The van der Waals surface area contributed by atoms with Crippen molar-refractivity contribution in [3.05, 3.63) is 34.3 Å². The predicted octanol–water partition coefficient (Wildman–Crippen LogP) is 3.58. The van der Waals surface area contributed by atoms with E-state index in [1.165, 1.54) is 4.68 Å². The van der Waals surface area contributed by atoms with Crippen LogP contribution in [0.5, 0.6) is 0 Å². The minimum absolute atomic E-state index is 0.128. The van der Waals surface area contributed by atoms with Crippen molar-refractivity contribution >= 4 is 41.7 Å². The monoisotopic (exact) mass is 419 g/mol. The van der Waals surface area contributed by atoms with Crippen molar-refractivity contribution in [2.45, 2.75) is 27.5 Å². The average molecular weight is 419 g/mol. The molecule has 1 N–H and O–H groups in total. The van der Waals surface area contributed by atoms with Crippen molar-refractivity contribution in [2.24, 2.45) is 0 Å². The first-order chi connectivity index (χ1) is 12.2. The van der Waals surface area contributed by atoms with Gasteiger partial charge in [-0.25, -0.2) is 9.78 Å². The summed E-state index contributed by atoms with van der Waals surface area (Å²) in [4.78, 5) is 14.1. The number of rotatable bonds is 4. The van der Waals surface area contributed by atoms with Gasteiger partial charge in [-0.1, -0.05) is 17.4 Å². The Kier molecular flexibility index (Phi) is 4.94. The molecule has 2 heterocycles. The molecule has 2 aromatic heterocycles. The van der Waals surface area contributed by atoms with Crippen molar-refractivity contribution < 1.29 is 23.1 Å². The van der Waals surface area contributed by atoms with E-state index >= 15 is 0 Å². The Labute approximate surface area is 157 Å². The molecule has 0 atom stereocenters. The Morgan fingerprint density at radius 1 is 1.38 bits per heavy atom. The van der Waals surface area contributed by atoms with Gasteiger partial charge in [-0.05, 0) is 46.8 Å². The third kappa shape index (κ3) is 3.68. The first kappa shape index (κ1) is 18.7. The first-order valence-electron chi connectivity index (χ1n) is 6.74. The van der Waals surface area contributed by atoms with E-state index in [1.807, 2.05) is 6.92 Å². The van der Waals surface area contributed by atoms with Gasteiger partial charge in [-0.3, -0.25) is 0 Å². The number of carboxylic acids is 1. The molecule has 13 heteroatoms. The van der Waals surface area contributed by atoms with Crippen LogP contribution in [0, 0.1) is 6.92 Å². The van der Waals surface area contributed by atoms with Crippen LogP contribution in [-0.4, -0.2) is 36.3 Å². The summed E-state index contributed by atoms with van der Waals surface area (Å²) < 4.78 is 40.0. The molecule has 0 unspecified atom stereocenters. The number of halogens is 3. The third-order valence-corrected chi connectivity index (χ3v) is 5.45. The van der Waals surface area contributed by atoms with Gasteiger partial charge in [0.1, 0.15) is 4.88 Å². The van der Waals surface area contributed by atoms with E-state index in [1.54, 1.807) is 18.2 Å². The van der Waals surface area contributed by atoms with Crippen LogP contribution in [0.4, 0.5) is 13.2 Å². The zero-order valence-electron chi connectivity index (χ0n) is 12.7. The third-order valence-electron chi connectivity index (χ3n) is 3.05. The van der Waals surface area contributed by atoms with Crippen LogP contribution in [0.2, 0.25) is 0 Å². The summed E-state index contributed by atoms with van der Waals surface area (Å²) in [6, 6.07) is 5.30. The second-order valence-corrected chi connectivity index (χ2v) is 7.62. The normalized spacial score (nSPS) is 11.7. The van der Waals surface area contributed by atoms with Crippen molar-refractivity contribution in [3.63, 3.8) is 0 Å². The molecular formula is C13H8F3N5O2S3. The molecule has 0 saturated carbocycles. The lowest BCUT2D eigenvalue weighted by atomic mass is 10.2. The molecule has 136 valence electrons. The SMILES string of the molecule is Cc1ccc(-n2nnnc2Sc2nc(C(F)(F)F)c(C(=O)O)s2)c(S)c1. The standard InChI is InChI=1S/C13H8F3N5O2S3/c1-5-2-3-6(7(24)4-5)21-11(18-19-20-21)26-12-17-9(13(14,15)16)8(25-12)10(22)23/h2-4,24H,1H3,(H,22,23). The summed E-state index contributed by atoms with van der Waals surface area (Å²) in [7, 11) is 0. The summed E-state index contributed by atoms with van der Waals surface area (Å²) >= 11 is 5.49. The Morgan fingerprint density at radius 2 is 2.12 bits per heavy atom. The van der Waals surface area contributed by atoms with E-state index in [-0.39, 0.29) is 9.50 Å². The zero-order valence-corrected chi connectivity index (χ0v) is 15.2. The maximum atomic E-state index is 13.0. The summed E-state index contributed by atoms with van der Waals surface area (Å²) in [5.74, 6) is -1.70. The lowest BCUT2D eigenvalue weighted by Gasteiger charge is -2.06. The van der Waals surface area contributed by atoms with Crippen molar-refractivity contribution in [1.82, 2.24) is 25.2 Å². The number of thiol groups is 1. The number of tetrazole rings is 1.